The molecule has 0 saturated carbocycles. The number of pyridine rings is 1. The number of nitrogens with one attached hydrogen (secondary N) is 1. The molecule has 34 heavy (non-hydrogen) atoms. The molecule has 0 aliphatic carbocycles. The summed E-state index contributed by atoms with van der Waals surface area (Å²) >= 11 is 0. The van der Waals surface area contributed by atoms with Crippen molar-refractivity contribution in [2.24, 2.45) is 0 Å². The van der Waals surface area contributed by atoms with Gasteiger partial charge in [0, 0.05) is 24.5 Å². The maximum atomic E-state index is 13.9. The highest BCUT2D eigenvalue weighted by Crippen LogP contribution is 2.24. The third kappa shape index (κ3) is 4.08. The molecular weight excluding hydrogens is 433 g/mol. The van der Waals surface area contributed by atoms with Crippen LogP contribution in [0.2, 0.25) is 0 Å². The normalized spacial score (nSPS) is 12.9. The summed E-state index contributed by atoms with van der Waals surface area (Å²) in [5.74, 6) is -1.31. The second-order valence-electron chi connectivity index (χ2n) is 8.27. The van der Waals surface area contributed by atoms with Crippen LogP contribution in [-0.4, -0.2) is 27.8 Å². The first-order chi connectivity index (χ1) is 16.5. The number of carbonyl (C=O) groups is 2. The van der Waals surface area contributed by atoms with E-state index in [4.69, 9.17) is 0 Å². The maximum Gasteiger partial charge on any atom is 0.255 e. The van der Waals surface area contributed by atoms with Crippen molar-refractivity contribution in [1.29, 1.82) is 0 Å². The van der Waals surface area contributed by atoms with Crippen LogP contribution in [0.1, 0.15) is 21.5 Å². The fourth-order valence-electron chi connectivity index (χ4n) is 4.41. The van der Waals surface area contributed by atoms with E-state index in [2.05, 4.69) is 11.4 Å². The summed E-state index contributed by atoms with van der Waals surface area (Å²) in [4.78, 5) is 40.8. The second-order valence-corrected chi connectivity index (χ2v) is 8.27. The number of hydrogen-bond acceptors (Lipinski definition) is 3. The number of hydrogen-bond donors (Lipinski definition) is 1. The first-order valence-corrected chi connectivity index (χ1v) is 11.0. The van der Waals surface area contributed by atoms with Gasteiger partial charge in [0.15, 0.2) is 0 Å². The van der Waals surface area contributed by atoms with Crippen LogP contribution in [0.4, 0.5) is 10.1 Å². The van der Waals surface area contributed by atoms with Crippen molar-refractivity contribution in [3.63, 3.8) is 0 Å². The van der Waals surface area contributed by atoms with Crippen molar-refractivity contribution in [1.82, 2.24) is 9.47 Å². The molecule has 0 atom stereocenters. The van der Waals surface area contributed by atoms with E-state index in [1.807, 2.05) is 18.2 Å². The van der Waals surface area contributed by atoms with E-state index in [1.54, 1.807) is 35.2 Å². The molecule has 0 saturated heterocycles. The Bertz CT molecular complexity index is 1480. The molecule has 4 aromatic rings. The first kappa shape index (κ1) is 21.6. The van der Waals surface area contributed by atoms with Gasteiger partial charge in [0.05, 0.1) is 16.8 Å². The Morgan fingerprint density at radius 1 is 0.912 bits per heavy atom. The summed E-state index contributed by atoms with van der Waals surface area (Å²) in [6.45, 7) is 0.745. The van der Waals surface area contributed by atoms with Gasteiger partial charge < -0.3 is 10.2 Å². The topological polar surface area (TPSA) is 71.4 Å². The van der Waals surface area contributed by atoms with Crippen molar-refractivity contribution in [2.75, 3.05) is 11.9 Å². The predicted molar refractivity (Wildman–Crippen MR) is 128 cm³/mol. The summed E-state index contributed by atoms with van der Waals surface area (Å²) in [7, 11) is 0. The lowest BCUT2D eigenvalue weighted by Gasteiger charge is -2.29. The minimum atomic E-state index is -0.558. The second kappa shape index (κ2) is 8.94. The van der Waals surface area contributed by atoms with E-state index in [1.165, 1.54) is 34.4 Å². The van der Waals surface area contributed by atoms with E-state index in [0.717, 1.165) is 12.0 Å². The summed E-state index contributed by atoms with van der Waals surface area (Å²) in [6.07, 6.45) is 0.757. The standard InChI is InChI=1S/C27H22FN3O3/c28-22-10-4-5-11-23(22)29-25(32)17-31-24-12-6-3-9-20(24)21(15-26(31)33)27(34)30-14-13-18-7-1-2-8-19(18)16-30/h1-12,15H,13-14,16-17H2,(H,29,32). The molecule has 2 amide bonds. The van der Waals surface area contributed by atoms with Crippen LogP contribution >= 0.6 is 0 Å². The smallest absolute Gasteiger partial charge is 0.255 e. The largest absolute Gasteiger partial charge is 0.334 e. The number of aromatic nitrogens is 1. The van der Waals surface area contributed by atoms with Crippen molar-refractivity contribution in [3.8, 4) is 0 Å². The minimum absolute atomic E-state index is 0.0435. The van der Waals surface area contributed by atoms with E-state index in [0.29, 0.717) is 29.6 Å². The number of benzene rings is 3. The molecule has 7 heteroatoms. The van der Waals surface area contributed by atoms with E-state index >= 15 is 0 Å². The third-order valence-corrected chi connectivity index (χ3v) is 6.12. The molecular formula is C27H22FN3O3. The molecule has 6 nitrogen and oxygen atoms in total. The lowest BCUT2D eigenvalue weighted by Crippen LogP contribution is -2.37. The van der Waals surface area contributed by atoms with Gasteiger partial charge in [-0.2, -0.15) is 0 Å². The van der Waals surface area contributed by atoms with Gasteiger partial charge in [0.2, 0.25) is 5.91 Å². The zero-order valence-electron chi connectivity index (χ0n) is 18.3. The molecule has 3 aromatic carbocycles. The van der Waals surface area contributed by atoms with Gasteiger partial charge in [-0.25, -0.2) is 4.39 Å². The quantitative estimate of drug-likeness (QED) is 0.506. The molecule has 2 heterocycles. The van der Waals surface area contributed by atoms with Crippen LogP contribution < -0.4 is 10.9 Å². The zero-order valence-corrected chi connectivity index (χ0v) is 18.3. The highest BCUT2D eigenvalue weighted by atomic mass is 19.1. The van der Waals surface area contributed by atoms with Crippen LogP contribution in [0.5, 0.6) is 0 Å². The maximum absolute atomic E-state index is 13.9. The zero-order chi connectivity index (χ0) is 23.7. The predicted octanol–water partition coefficient (Wildman–Crippen LogP) is 3.98. The average molecular weight is 455 g/mol. The highest BCUT2D eigenvalue weighted by molar-refractivity contribution is 6.06. The van der Waals surface area contributed by atoms with Gasteiger partial charge in [0.1, 0.15) is 12.4 Å². The van der Waals surface area contributed by atoms with E-state index in [-0.39, 0.29) is 18.1 Å². The van der Waals surface area contributed by atoms with Gasteiger partial charge in [-0.3, -0.25) is 19.0 Å². The Balaban J connectivity index is 1.46. The molecule has 5 rings (SSSR count). The van der Waals surface area contributed by atoms with Crippen molar-refractivity contribution < 1.29 is 14.0 Å². The number of carbonyl (C=O) groups excluding carboxylic acids is 2. The molecule has 1 aromatic heterocycles. The Morgan fingerprint density at radius 2 is 1.62 bits per heavy atom. The molecule has 170 valence electrons. The van der Waals surface area contributed by atoms with Crippen molar-refractivity contribution in [3.05, 3.63) is 112 Å². The Kier molecular flexibility index (Phi) is 5.67. The van der Waals surface area contributed by atoms with Gasteiger partial charge in [0.25, 0.3) is 11.5 Å². The number of anilines is 1. The molecule has 1 aliphatic rings. The lowest BCUT2D eigenvalue weighted by atomic mass is 9.98. The summed E-state index contributed by atoms with van der Waals surface area (Å²) in [5, 5.41) is 3.09. The summed E-state index contributed by atoms with van der Waals surface area (Å²) < 4.78 is 15.2. The van der Waals surface area contributed by atoms with Gasteiger partial charge in [-0.15, -0.1) is 0 Å². The molecule has 0 bridgehead atoms. The highest BCUT2D eigenvalue weighted by Gasteiger charge is 2.24. The third-order valence-electron chi connectivity index (χ3n) is 6.12. The van der Waals surface area contributed by atoms with Crippen LogP contribution in [-0.2, 0) is 24.3 Å². The van der Waals surface area contributed by atoms with Crippen molar-refractivity contribution in [2.45, 2.75) is 19.5 Å². The molecule has 1 N–H and O–H groups in total. The number of halogens is 1. The average Bonchev–Trinajstić information content (AvgIpc) is 2.86. The Morgan fingerprint density at radius 3 is 2.44 bits per heavy atom. The number of rotatable bonds is 4. The number of nitrogens with zero attached hydrogens (tertiary/aromatic N) is 2. The monoisotopic (exact) mass is 455 g/mol. The van der Waals surface area contributed by atoms with Crippen LogP contribution in [0.25, 0.3) is 10.9 Å². The summed E-state index contributed by atoms with van der Waals surface area (Å²) in [6, 6.07) is 22.2. The van der Waals surface area contributed by atoms with Crippen LogP contribution in [0.3, 0.4) is 0 Å². The first-order valence-electron chi connectivity index (χ1n) is 11.0. The molecule has 0 fully saturated rings. The number of fused-ring (bicyclic) bond motifs is 2. The Labute approximate surface area is 195 Å². The van der Waals surface area contributed by atoms with Gasteiger partial charge >= 0.3 is 0 Å². The van der Waals surface area contributed by atoms with Gasteiger partial charge in [-0.05, 0) is 35.7 Å². The van der Waals surface area contributed by atoms with Gasteiger partial charge in [-0.1, -0.05) is 54.6 Å². The lowest BCUT2D eigenvalue weighted by molar-refractivity contribution is -0.116. The fraction of sp³-hybridized carbons (Fsp3) is 0.148. The SMILES string of the molecule is O=C(Cn1c(=O)cc(C(=O)N2CCc3ccccc3C2)c2ccccc21)Nc1ccccc1F. The minimum Gasteiger partial charge on any atom is -0.334 e. The Hall–Kier alpha value is -4.26. The summed E-state index contributed by atoms with van der Waals surface area (Å²) in [5.41, 5.74) is 2.69. The van der Waals surface area contributed by atoms with E-state index in [9.17, 15) is 18.8 Å². The van der Waals surface area contributed by atoms with Crippen LogP contribution in [0.15, 0.2) is 83.7 Å². The number of para-hydroxylation sites is 2. The number of amides is 2. The molecule has 1 aliphatic heterocycles. The fourth-order valence-corrected chi connectivity index (χ4v) is 4.41. The molecule has 0 spiro atoms. The molecule has 0 radical (unpaired) electrons. The van der Waals surface area contributed by atoms with Crippen molar-refractivity contribution >= 4 is 28.4 Å². The van der Waals surface area contributed by atoms with Crippen LogP contribution in [0, 0.1) is 5.82 Å². The van der Waals surface area contributed by atoms with E-state index < -0.39 is 17.3 Å². The molecule has 0 unspecified atom stereocenters.